The molecular formula is C20H21Cl2N5OS. The number of amides is 1. The number of anilines is 4. The molecule has 0 aliphatic rings. The van der Waals surface area contributed by atoms with Gasteiger partial charge in [0.05, 0.1) is 9.90 Å². The number of hydrogen-bond donors (Lipinski definition) is 2. The number of rotatable bonds is 7. The van der Waals surface area contributed by atoms with Crippen molar-refractivity contribution >= 4 is 63.6 Å². The van der Waals surface area contributed by atoms with Gasteiger partial charge in [-0.05, 0) is 51.1 Å². The molecular weight excluding hydrogens is 429 g/mol. The summed E-state index contributed by atoms with van der Waals surface area (Å²) in [4.78, 5) is 23.6. The highest BCUT2D eigenvalue weighted by Gasteiger charge is 2.14. The number of thiophene rings is 1. The van der Waals surface area contributed by atoms with Gasteiger partial charge in [-0.15, -0.1) is 11.3 Å². The zero-order valence-corrected chi connectivity index (χ0v) is 18.6. The molecule has 6 nitrogen and oxygen atoms in total. The number of carbonyl (C=O) groups is 1. The molecule has 2 N–H and O–H groups in total. The Morgan fingerprint density at radius 1 is 1.07 bits per heavy atom. The fourth-order valence-electron chi connectivity index (χ4n) is 2.78. The molecule has 29 heavy (non-hydrogen) atoms. The molecule has 152 valence electrons. The number of carbonyl (C=O) groups excluding carboxylic acids is 1. The van der Waals surface area contributed by atoms with Gasteiger partial charge in [0.2, 0.25) is 5.95 Å². The summed E-state index contributed by atoms with van der Waals surface area (Å²) >= 11 is 13.1. The quantitative estimate of drug-likeness (QED) is 0.462. The fraction of sp³-hybridized carbons (Fsp3) is 0.250. The lowest BCUT2D eigenvalue weighted by molar-refractivity contribution is 0.102. The van der Waals surface area contributed by atoms with Gasteiger partial charge in [-0.3, -0.25) is 4.79 Å². The molecule has 3 rings (SSSR count). The Morgan fingerprint density at radius 3 is 2.31 bits per heavy atom. The van der Waals surface area contributed by atoms with Crippen molar-refractivity contribution in [3.8, 4) is 0 Å². The smallest absolute Gasteiger partial charge is 0.258 e. The minimum Gasteiger partial charge on any atom is -0.357 e. The maximum atomic E-state index is 12.3. The van der Waals surface area contributed by atoms with Gasteiger partial charge in [0.15, 0.2) is 0 Å². The third kappa shape index (κ3) is 5.38. The molecule has 0 saturated heterocycles. The second-order valence-electron chi connectivity index (χ2n) is 6.26. The molecule has 0 atom stereocenters. The van der Waals surface area contributed by atoms with E-state index < -0.39 is 0 Å². The molecule has 0 saturated carbocycles. The van der Waals surface area contributed by atoms with Crippen LogP contribution in [0.15, 0.2) is 36.4 Å². The first kappa shape index (κ1) is 21.4. The van der Waals surface area contributed by atoms with Crippen molar-refractivity contribution in [3.63, 3.8) is 0 Å². The summed E-state index contributed by atoms with van der Waals surface area (Å²) < 4.78 is 0.841. The highest BCUT2D eigenvalue weighted by molar-refractivity contribution is 7.20. The van der Waals surface area contributed by atoms with Crippen LogP contribution in [0.3, 0.4) is 0 Å². The number of nitrogens with zero attached hydrogens (tertiary/aromatic N) is 3. The summed E-state index contributed by atoms with van der Waals surface area (Å²) in [5, 5.41) is 6.03. The summed E-state index contributed by atoms with van der Waals surface area (Å²) in [6, 6.07) is 10.8. The molecule has 1 aromatic carbocycles. The van der Waals surface area contributed by atoms with Crippen molar-refractivity contribution < 1.29 is 4.79 Å². The third-order valence-corrected chi connectivity index (χ3v) is 5.72. The van der Waals surface area contributed by atoms with Gasteiger partial charge in [0, 0.05) is 36.2 Å². The average molecular weight is 450 g/mol. The maximum absolute atomic E-state index is 12.3. The van der Waals surface area contributed by atoms with Crippen LogP contribution in [0.2, 0.25) is 8.67 Å². The molecule has 0 radical (unpaired) electrons. The standard InChI is InChI=1S/C20H21Cl2N5OS/c1-4-27(5-2)17-10-12(3)23-20(26-17)25-14-8-6-13(7-9-14)24-19(28)15-11-16(21)29-18(15)22/h6-11H,4-5H2,1-3H3,(H,24,28)(H,23,25,26). The topological polar surface area (TPSA) is 70.2 Å². The van der Waals surface area contributed by atoms with Crippen LogP contribution in [-0.2, 0) is 0 Å². The Balaban J connectivity index is 1.71. The molecule has 0 aliphatic heterocycles. The average Bonchev–Trinajstić information content (AvgIpc) is 3.02. The Labute approximate surface area is 183 Å². The minimum atomic E-state index is -0.301. The number of aromatic nitrogens is 2. The third-order valence-electron chi connectivity index (χ3n) is 4.23. The number of nitrogens with one attached hydrogen (secondary N) is 2. The predicted molar refractivity (Wildman–Crippen MR) is 122 cm³/mol. The van der Waals surface area contributed by atoms with Crippen molar-refractivity contribution in [2.45, 2.75) is 20.8 Å². The van der Waals surface area contributed by atoms with E-state index in [1.807, 2.05) is 25.1 Å². The van der Waals surface area contributed by atoms with E-state index >= 15 is 0 Å². The zero-order valence-electron chi connectivity index (χ0n) is 16.3. The van der Waals surface area contributed by atoms with Gasteiger partial charge in [0.1, 0.15) is 10.2 Å². The Hall–Kier alpha value is -2.35. The zero-order chi connectivity index (χ0) is 21.0. The molecule has 0 unspecified atom stereocenters. The van der Waals surface area contributed by atoms with Crippen LogP contribution >= 0.6 is 34.5 Å². The van der Waals surface area contributed by atoms with E-state index in [1.54, 1.807) is 18.2 Å². The van der Waals surface area contributed by atoms with Crippen LogP contribution < -0.4 is 15.5 Å². The number of halogens is 2. The van der Waals surface area contributed by atoms with E-state index in [9.17, 15) is 4.79 Å². The normalized spacial score (nSPS) is 10.7. The van der Waals surface area contributed by atoms with Crippen molar-refractivity contribution in [1.82, 2.24) is 9.97 Å². The lowest BCUT2D eigenvalue weighted by atomic mass is 10.2. The number of hydrogen-bond acceptors (Lipinski definition) is 6. The highest BCUT2D eigenvalue weighted by atomic mass is 35.5. The van der Waals surface area contributed by atoms with E-state index in [-0.39, 0.29) is 5.91 Å². The summed E-state index contributed by atoms with van der Waals surface area (Å²) in [5.74, 6) is 1.12. The second-order valence-corrected chi connectivity index (χ2v) is 8.54. The van der Waals surface area contributed by atoms with E-state index in [2.05, 4.69) is 39.3 Å². The van der Waals surface area contributed by atoms with Crippen molar-refractivity contribution in [2.75, 3.05) is 28.6 Å². The first-order valence-electron chi connectivity index (χ1n) is 9.13. The molecule has 9 heteroatoms. The van der Waals surface area contributed by atoms with Gasteiger partial charge in [-0.1, -0.05) is 23.2 Å². The van der Waals surface area contributed by atoms with Gasteiger partial charge < -0.3 is 15.5 Å². The first-order chi connectivity index (χ1) is 13.9. The molecule has 0 aliphatic carbocycles. The molecule has 1 amide bonds. The lowest BCUT2D eigenvalue weighted by Crippen LogP contribution is -2.23. The number of aryl methyl sites for hydroxylation is 1. The molecule has 3 aromatic rings. The summed E-state index contributed by atoms with van der Waals surface area (Å²) in [7, 11) is 0. The first-order valence-corrected chi connectivity index (χ1v) is 10.7. The van der Waals surface area contributed by atoms with Crippen molar-refractivity contribution in [1.29, 1.82) is 0 Å². The Kier molecular flexibility index (Phi) is 6.95. The largest absolute Gasteiger partial charge is 0.357 e. The minimum absolute atomic E-state index is 0.301. The molecule has 2 heterocycles. The van der Waals surface area contributed by atoms with Gasteiger partial charge in [-0.25, -0.2) is 4.98 Å². The lowest BCUT2D eigenvalue weighted by Gasteiger charge is -2.20. The van der Waals surface area contributed by atoms with Crippen LogP contribution in [0.25, 0.3) is 0 Å². The van der Waals surface area contributed by atoms with Crippen LogP contribution in [0.5, 0.6) is 0 Å². The van der Waals surface area contributed by atoms with Crippen molar-refractivity contribution in [3.05, 3.63) is 56.3 Å². The predicted octanol–water partition coefficient (Wildman–Crippen LogP) is 6.00. The number of benzene rings is 1. The van der Waals surface area contributed by atoms with E-state index in [0.717, 1.165) is 41.6 Å². The summed E-state index contributed by atoms with van der Waals surface area (Å²) in [5.41, 5.74) is 2.71. The summed E-state index contributed by atoms with van der Waals surface area (Å²) in [6.07, 6.45) is 0. The highest BCUT2D eigenvalue weighted by Crippen LogP contribution is 2.31. The molecule has 2 aromatic heterocycles. The van der Waals surface area contributed by atoms with Gasteiger partial charge in [0.25, 0.3) is 5.91 Å². The Morgan fingerprint density at radius 2 is 1.72 bits per heavy atom. The maximum Gasteiger partial charge on any atom is 0.258 e. The SMILES string of the molecule is CCN(CC)c1cc(C)nc(Nc2ccc(NC(=O)c3cc(Cl)sc3Cl)cc2)n1. The van der Waals surface area contributed by atoms with Crippen molar-refractivity contribution in [2.24, 2.45) is 0 Å². The second kappa shape index (κ2) is 9.43. The van der Waals surface area contributed by atoms with Crippen LogP contribution in [0, 0.1) is 6.92 Å². The molecule has 0 fully saturated rings. The van der Waals surface area contributed by atoms with Crippen LogP contribution in [-0.4, -0.2) is 29.0 Å². The van der Waals surface area contributed by atoms with Gasteiger partial charge >= 0.3 is 0 Å². The van der Waals surface area contributed by atoms with E-state index in [4.69, 9.17) is 23.2 Å². The Bertz CT molecular complexity index is 1000. The van der Waals surface area contributed by atoms with Crippen LogP contribution in [0.4, 0.5) is 23.1 Å². The monoisotopic (exact) mass is 449 g/mol. The van der Waals surface area contributed by atoms with Crippen LogP contribution in [0.1, 0.15) is 29.9 Å². The molecule has 0 bridgehead atoms. The fourth-order valence-corrected chi connectivity index (χ4v) is 4.24. The van der Waals surface area contributed by atoms with E-state index in [0.29, 0.717) is 25.9 Å². The summed E-state index contributed by atoms with van der Waals surface area (Å²) in [6.45, 7) is 7.89. The van der Waals surface area contributed by atoms with Gasteiger partial charge in [-0.2, -0.15) is 4.98 Å². The molecule has 0 spiro atoms. The van der Waals surface area contributed by atoms with E-state index in [1.165, 1.54) is 0 Å².